The minimum atomic E-state index is 1.12. The minimum Gasteiger partial charge on any atom is -0.309 e. The topological polar surface area (TPSA) is 14.8 Å². The van der Waals surface area contributed by atoms with Gasteiger partial charge in [-0.2, -0.15) is 0 Å². The van der Waals surface area contributed by atoms with Crippen molar-refractivity contribution in [1.82, 2.24) is 13.7 Å². The molecule has 3 nitrogen and oxygen atoms in total. The molecule has 0 amide bonds. The fourth-order valence-electron chi connectivity index (χ4n) is 9.40. The van der Waals surface area contributed by atoms with Crippen molar-refractivity contribution < 1.29 is 0 Å². The van der Waals surface area contributed by atoms with Gasteiger partial charge in [0.25, 0.3) is 0 Å². The number of fused-ring (bicyclic) bond motifs is 9. The van der Waals surface area contributed by atoms with Gasteiger partial charge in [0.1, 0.15) is 0 Å². The summed E-state index contributed by atoms with van der Waals surface area (Å²) in [5.74, 6) is 0. The molecular formula is C54H35N3. The Morgan fingerprint density at radius 1 is 0.228 bits per heavy atom. The Balaban J connectivity index is 1.17. The molecule has 0 saturated carbocycles. The van der Waals surface area contributed by atoms with Crippen molar-refractivity contribution in [1.29, 1.82) is 0 Å². The summed E-state index contributed by atoms with van der Waals surface area (Å²) in [4.78, 5) is 0. The van der Waals surface area contributed by atoms with E-state index in [0.29, 0.717) is 0 Å². The summed E-state index contributed by atoms with van der Waals surface area (Å²) in [6, 6.07) is 77.5. The summed E-state index contributed by atoms with van der Waals surface area (Å²) in [5.41, 5.74) is 15.3. The van der Waals surface area contributed by atoms with E-state index in [2.05, 4.69) is 226 Å². The lowest BCUT2D eigenvalue weighted by Gasteiger charge is -2.19. The Hall–Kier alpha value is -7.62. The third-order valence-electron chi connectivity index (χ3n) is 11.8. The first kappa shape index (κ1) is 31.7. The molecule has 266 valence electrons. The molecule has 0 unspecified atom stereocenters. The van der Waals surface area contributed by atoms with Crippen molar-refractivity contribution in [2.45, 2.75) is 0 Å². The largest absolute Gasteiger partial charge is 0.309 e. The van der Waals surface area contributed by atoms with Crippen LogP contribution >= 0.6 is 0 Å². The van der Waals surface area contributed by atoms with Gasteiger partial charge in [-0.05, 0) is 59.7 Å². The number of nitrogens with zero attached hydrogens (tertiary/aromatic N) is 3. The summed E-state index contributed by atoms with van der Waals surface area (Å²) in [5, 5.41) is 7.45. The number of rotatable bonds is 5. The second kappa shape index (κ2) is 12.5. The van der Waals surface area contributed by atoms with Crippen molar-refractivity contribution in [3.63, 3.8) is 0 Å². The first-order valence-electron chi connectivity index (χ1n) is 19.6. The SMILES string of the molecule is c1ccc(-c2cccc(-c3ccccc3)c2-n2c3ccccc3c3ccc(-n4c5ccccc5c5ccc(-n6c7ccccc7c7ccccc76)cc54)cc32)cc1. The highest BCUT2D eigenvalue weighted by Crippen LogP contribution is 2.43. The van der Waals surface area contributed by atoms with Crippen LogP contribution < -0.4 is 0 Å². The number of hydrogen-bond donors (Lipinski definition) is 0. The van der Waals surface area contributed by atoms with Gasteiger partial charge in [-0.3, -0.25) is 0 Å². The zero-order chi connectivity index (χ0) is 37.5. The molecule has 0 atom stereocenters. The second-order valence-electron chi connectivity index (χ2n) is 14.9. The maximum Gasteiger partial charge on any atom is 0.0618 e. The van der Waals surface area contributed by atoms with Crippen LogP contribution in [0.15, 0.2) is 212 Å². The fraction of sp³-hybridized carbons (Fsp3) is 0. The third-order valence-corrected chi connectivity index (χ3v) is 11.8. The lowest BCUT2D eigenvalue weighted by Crippen LogP contribution is -2.01. The van der Waals surface area contributed by atoms with Crippen LogP contribution in [-0.4, -0.2) is 13.7 Å². The van der Waals surface area contributed by atoms with Gasteiger partial charge in [0, 0.05) is 54.8 Å². The van der Waals surface area contributed by atoms with E-state index < -0.39 is 0 Å². The quantitative estimate of drug-likeness (QED) is 0.168. The van der Waals surface area contributed by atoms with Crippen LogP contribution in [0.25, 0.3) is 105 Å². The maximum absolute atomic E-state index is 2.51. The molecule has 3 heterocycles. The van der Waals surface area contributed by atoms with E-state index in [-0.39, 0.29) is 0 Å². The molecule has 0 fully saturated rings. The van der Waals surface area contributed by atoms with Gasteiger partial charge in [0.05, 0.1) is 38.8 Å². The molecule has 9 aromatic carbocycles. The van der Waals surface area contributed by atoms with Gasteiger partial charge in [0.2, 0.25) is 0 Å². The van der Waals surface area contributed by atoms with Crippen molar-refractivity contribution in [2.24, 2.45) is 0 Å². The molecule has 0 radical (unpaired) electrons. The summed E-state index contributed by atoms with van der Waals surface area (Å²) in [7, 11) is 0. The first-order chi connectivity index (χ1) is 28.3. The molecular weight excluding hydrogens is 691 g/mol. The Kier molecular flexibility index (Phi) is 6.93. The average Bonchev–Trinajstić information content (AvgIpc) is 3.92. The molecule has 12 rings (SSSR count). The molecule has 12 aromatic rings. The van der Waals surface area contributed by atoms with Crippen molar-refractivity contribution in [3.8, 4) is 39.3 Å². The van der Waals surface area contributed by atoms with Crippen LogP contribution in [0.5, 0.6) is 0 Å². The van der Waals surface area contributed by atoms with Crippen LogP contribution in [0.1, 0.15) is 0 Å². The smallest absolute Gasteiger partial charge is 0.0618 e. The Bertz CT molecular complexity index is 3400. The van der Waals surface area contributed by atoms with Crippen molar-refractivity contribution in [3.05, 3.63) is 212 Å². The molecule has 0 aliphatic carbocycles. The number of aromatic nitrogens is 3. The fourth-order valence-corrected chi connectivity index (χ4v) is 9.40. The Morgan fingerprint density at radius 2 is 0.561 bits per heavy atom. The van der Waals surface area contributed by atoms with Gasteiger partial charge >= 0.3 is 0 Å². The lowest BCUT2D eigenvalue weighted by molar-refractivity contribution is 1.15. The van der Waals surface area contributed by atoms with E-state index >= 15 is 0 Å². The van der Waals surface area contributed by atoms with Crippen LogP contribution in [0.2, 0.25) is 0 Å². The zero-order valence-corrected chi connectivity index (χ0v) is 31.0. The predicted molar refractivity (Wildman–Crippen MR) is 240 cm³/mol. The molecule has 0 saturated heterocycles. The summed E-state index contributed by atoms with van der Waals surface area (Å²) < 4.78 is 7.39. The number of para-hydroxylation sites is 5. The molecule has 0 spiro atoms. The highest BCUT2D eigenvalue weighted by Gasteiger charge is 2.22. The van der Waals surface area contributed by atoms with Gasteiger partial charge in [-0.25, -0.2) is 0 Å². The minimum absolute atomic E-state index is 1.12. The van der Waals surface area contributed by atoms with Gasteiger partial charge < -0.3 is 13.7 Å². The van der Waals surface area contributed by atoms with Crippen LogP contribution in [-0.2, 0) is 0 Å². The van der Waals surface area contributed by atoms with Gasteiger partial charge in [-0.15, -0.1) is 0 Å². The molecule has 0 bridgehead atoms. The number of hydrogen-bond acceptors (Lipinski definition) is 0. The molecule has 0 N–H and O–H groups in total. The number of benzene rings is 9. The summed E-state index contributed by atoms with van der Waals surface area (Å²) in [6.07, 6.45) is 0. The molecule has 0 aliphatic heterocycles. The highest BCUT2D eigenvalue weighted by molar-refractivity contribution is 6.14. The first-order valence-corrected chi connectivity index (χ1v) is 19.6. The van der Waals surface area contributed by atoms with Crippen LogP contribution in [0, 0.1) is 0 Å². The van der Waals surface area contributed by atoms with E-state index in [1.54, 1.807) is 0 Å². The van der Waals surface area contributed by atoms with Crippen LogP contribution in [0.3, 0.4) is 0 Å². The van der Waals surface area contributed by atoms with E-state index in [1.807, 2.05) is 0 Å². The summed E-state index contributed by atoms with van der Waals surface area (Å²) in [6.45, 7) is 0. The van der Waals surface area contributed by atoms with E-state index in [4.69, 9.17) is 0 Å². The summed E-state index contributed by atoms with van der Waals surface area (Å²) >= 11 is 0. The highest BCUT2D eigenvalue weighted by atomic mass is 15.0. The molecule has 3 heteroatoms. The van der Waals surface area contributed by atoms with Crippen LogP contribution in [0.4, 0.5) is 0 Å². The monoisotopic (exact) mass is 725 g/mol. The van der Waals surface area contributed by atoms with E-state index in [9.17, 15) is 0 Å². The molecule has 57 heavy (non-hydrogen) atoms. The molecule has 0 aliphatic rings. The second-order valence-corrected chi connectivity index (χ2v) is 14.9. The third kappa shape index (κ3) is 4.73. The maximum atomic E-state index is 2.51. The standard InChI is InChI=1S/C54H35N3/c1-3-16-36(17-4-1)40-24-15-25-41(37-18-5-2-6-19-37)54(40)57-51-29-14-10-23-45(51)47-33-31-39(35-53(47)57)56-50-28-13-9-22-44(50)46-32-30-38(34-52(46)56)55-48-26-11-7-20-42(48)43-21-8-12-27-49(43)55/h1-35H. The molecule has 3 aromatic heterocycles. The zero-order valence-electron chi connectivity index (χ0n) is 31.0. The van der Waals surface area contributed by atoms with Gasteiger partial charge in [-0.1, -0.05) is 164 Å². The Morgan fingerprint density at radius 3 is 1.00 bits per heavy atom. The van der Waals surface area contributed by atoms with E-state index in [1.165, 1.54) is 93.4 Å². The van der Waals surface area contributed by atoms with E-state index in [0.717, 1.165) is 11.4 Å². The predicted octanol–water partition coefficient (Wildman–Crippen LogP) is 14.3. The van der Waals surface area contributed by atoms with Gasteiger partial charge in [0.15, 0.2) is 0 Å². The average molecular weight is 726 g/mol. The normalized spacial score (nSPS) is 11.9. The lowest BCUT2D eigenvalue weighted by atomic mass is 9.95. The van der Waals surface area contributed by atoms with Crippen molar-refractivity contribution >= 4 is 65.4 Å². The Labute approximate surface area is 329 Å². The van der Waals surface area contributed by atoms with Crippen molar-refractivity contribution in [2.75, 3.05) is 0 Å².